The lowest BCUT2D eigenvalue weighted by atomic mass is 10.1. The first-order chi connectivity index (χ1) is 13.2. The Labute approximate surface area is 161 Å². The highest BCUT2D eigenvalue weighted by molar-refractivity contribution is 7.15. The van der Waals surface area contributed by atoms with E-state index in [9.17, 15) is 9.59 Å². The Balaban J connectivity index is 1.40. The lowest BCUT2D eigenvalue weighted by Crippen LogP contribution is -2.34. The van der Waals surface area contributed by atoms with Crippen LogP contribution in [0.2, 0.25) is 0 Å². The highest BCUT2D eigenvalue weighted by Crippen LogP contribution is 2.28. The van der Waals surface area contributed by atoms with Crippen LogP contribution in [0.25, 0.3) is 0 Å². The number of methoxy groups -OCH3 is 1. The monoisotopic (exact) mass is 390 g/mol. The van der Waals surface area contributed by atoms with Gasteiger partial charge in [0.15, 0.2) is 0 Å². The van der Waals surface area contributed by atoms with Crippen molar-refractivity contribution in [3.05, 3.63) is 40.9 Å². The van der Waals surface area contributed by atoms with Gasteiger partial charge in [-0.3, -0.25) is 14.5 Å². The zero-order valence-corrected chi connectivity index (χ0v) is 15.9. The summed E-state index contributed by atoms with van der Waals surface area (Å²) in [5.74, 6) is -0.646. The third kappa shape index (κ3) is 5.31. The molecule has 1 atom stereocenters. The quantitative estimate of drug-likeness (QED) is 0.650. The number of amides is 2. The van der Waals surface area contributed by atoms with Gasteiger partial charge in [0.05, 0.1) is 19.1 Å². The number of nitrogens with one attached hydrogen (secondary N) is 1. The van der Waals surface area contributed by atoms with Gasteiger partial charge < -0.3 is 14.8 Å². The first-order valence-corrected chi connectivity index (χ1v) is 9.50. The predicted molar refractivity (Wildman–Crippen MR) is 100 cm³/mol. The molecular weight excluding hydrogens is 368 g/mol. The summed E-state index contributed by atoms with van der Waals surface area (Å²) in [6.07, 6.45) is 0.176. The van der Waals surface area contributed by atoms with Crippen molar-refractivity contribution < 1.29 is 19.1 Å². The van der Waals surface area contributed by atoms with Crippen LogP contribution >= 0.6 is 11.3 Å². The molecule has 3 rings (SSSR count). The molecule has 9 heteroatoms. The molecule has 0 aliphatic carbocycles. The van der Waals surface area contributed by atoms with E-state index in [1.54, 1.807) is 7.11 Å². The third-order valence-corrected chi connectivity index (χ3v) is 5.03. The number of anilines is 1. The topological polar surface area (TPSA) is 93.7 Å². The Kier molecular flexibility index (Phi) is 6.86. The molecule has 1 aromatic carbocycles. The van der Waals surface area contributed by atoms with Crippen molar-refractivity contribution in [2.45, 2.75) is 19.6 Å². The zero-order valence-electron chi connectivity index (χ0n) is 15.1. The lowest BCUT2D eigenvalue weighted by molar-refractivity contribution is -0.126. The summed E-state index contributed by atoms with van der Waals surface area (Å²) < 4.78 is 10.6. The molecule has 1 aliphatic rings. The van der Waals surface area contributed by atoms with Crippen LogP contribution in [-0.4, -0.2) is 48.8 Å². The van der Waals surface area contributed by atoms with E-state index in [1.165, 1.54) is 16.2 Å². The molecule has 1 unspecified atom stereocenters. The van der Waals surface area contributed by atoms with Crippen LogP contribution in [0.3, 0.4) is 0 Å². The number of hydrogen-bond acceptors (Lipinski definition) is 7. The van der Waals surface area contributed by atoms with Gasteiger partial charge in [0, 0.05) is 26.6 Å². The van der Waals surface area contributed by atoms with Crippen molar-refractivity contribution in [3.63, 3.8) is 0 Å². The second-order valence-electron chi connectivity index (χ2n) is 6.15. The van der Waals surface area contributed by atoms with Crippen molar-refractivity contribution in [2.75, 3.05) is 31.7 Å². The Morgan fingerprint density at radius 1 is 1.30 bits per heavy atom. The molecule has 0 bridgehead atoms. The van der Waals surface area contributed by atoms with Gasteiger partial charge in [-0.25, -0.2) is 0 Å². The highest BCUT2D eigenvalue weighted by atomic mass is 32.1. The van der Waals surface area contributed by atoms with Gasteiger partial charge in [-0.15, -0.1) is 10.2 Å². The summed E-state index contributed by atoms with van der Waals surface area (Å²) in [4.78, 5) is 26.0. The van der Waals surface area contributed by atoms with Gasteiger partial charge in [0.2, 0.25) is 16.9 Å². The van der Waals surface area contributed by atoms with E-state index in [-0.39, 0.29) is 24.2 Å². The number of carbonyl (C=O) groups excluding carboxylic acids is 2. The number of benzene rings is 1. The smallest absolute Gasteiger partial charge is 0.229 e. The SMILES string of the molecule is COCc1nnc(N2CC(C(=O)NCCOCc3ccccc3)CC2=O)s1. The lowest BCUT2D eigenvalue weighted by Gasteiger charge is -2.12. The molecule has 1 aromatic heterocycles. The molecular formula is C18H22N4O4S. The number of rotatable bonds is 9. The van der Waals surface area contributed by atoms with Gasteiger partial charge in [-0.1, -0.05) is 41.7 Å². The van der Waals surface area contributed by atoms with E-state index in [1.807, 2.05) is 30.3 Å². The van der Waals surface area contributed by atoms with Gasteiger partial charge in [0.25, 0.3) is 0 Å². The maximum absolute atomic E-state index is 12.3. The van der Waals surface area contributed by atoms with Gasteiger partial charge in [0.1, 0.15) is 11.6 Å². The number of carbonyl (C=O) groups is 2. The number of hydrogen-bond donors (Lipinski definition) is 1. The molecule has 0 spiro atoms. The van der Waals surface area contributed by atoms with Crippen LogP contribution < -0.4 is 10.2 Å². The summed E-state index contributed by atoms with van der Waals surface area (Å²) in [6, 6.07) is 9.85. The summed E-state index contributed by atoms with van der Waals surface area (Å²) in [6.45, 7) is 2.01. The number of ether oxygens (including phenoxy) is 2. The van der Waals surface area contributed by atoms with Gasteiger partial charge >= 0.3 is 0 Å². The minimum Gasteiger partial charge on any atom is -0.377 e. The molecule has 8 nitrogen and oxygen atoms in total. The van der Waals surface area contributed by atoms with Crippen molar-refractivity contribution in [2.24, 2.45) is 5.92 Å². The Bertz CT molecular complexity index is 768. The van der Waals surface area contributed by atoms with E-state index >= 15 is 0 Å². The van der Waals surface area contributed by atoms with Gasteiger partial charge in [-0.2, -0.15) is 0 Å². The molecule has 0 saturated carbocycles. The molecule has 2 aromatic rings. The minimum atomic E-state index is -0.388. The van der Waals surface area contributed by atoms with E-state index in [0.717, 1.165) is 5.56 Å². The molecule has 1 saturated heterocycles. The normalized spacial score (nSPS) is 16.7. The fourth-order valence-electron chi connectivity index (χ4n) is 2.76. The van der Waals surface area contributed by atoms with Crippen molar-refractivity contribution in [1.29, 1.82) is 0 Å². The van der Waals surface area contributed by atoms with Gasteiger partial charge in [-0.05, 0) is 5.56 Å². The Morgan fingerprint density at radius 3 is 2.89 bits per heavy atom. The molecule has 2 heterocycles. The molecule has 1 aliphatic heterocycles. The van der Waals surface area contributed by atoms with E-state index in [4.69, 9.17) is 9.47 Å². The van der Waals surface area contributed by atoms with Crippen LogP contribution in [0, 0.1) is 5.92 Å². The molecule has 1 fully saturated rings. The minimum absolute atomic E-state index is 0.115. The van der Waals surface area contributed by atoms with Crippen molar-refractivity contribution in [3.8, 4) is 0 Å². The van der Waals surface area contributed by atoms with Crippen LogP contribution in [-0.2, 0) is 32.3 Å². The largest absolute Gasteiger partial charge is 0.377 e. The fourth-order valence-corrected chi connectivity index (χ4v) is 3.60. The third-order valence-electron chi connectivity index (χ3n) is 4.11. The van der Waals surface area contributed by atoms with Crippen LogP contribution in [0.1, 0.15) is 17.0 Å². The Morgan fingerprint density at radius 2 is 2.11 bits per heavy atom. The van der Waals surface area contributed by atoms with E-state index in [2.05, 4.69) is 15.5 Å². The molecule has 2 amide bonds. The second kappa shape index (κ2) is 9.54. The van der Waals surface area contributed by atoms with Crippen molar-refractivity contribution >= 4 is 28.3 Å². The average Bonchev–Trinajstić information content (AvgIpc) is 3.29. The summed E-state index contributed by atoms with van der Waals surface area (Å²) >= 11 is 1.30. The molecule has 0 radical (unpaired) electrons. The maximum atomic E-state index is 12.3. The standard InChI is InChI=1S/C18H22N4O4S/c1-25-12-15-20-21-18(27-15)22-10-14(9-16(22)23)17(24)19-7-8-26-11-13-5-3-2-4-6-13/h2-6,14H,7-12H2,1H3,(H,19,24). The van der Waals surface area contributed by atoms with E-state index in [0.29, 0.717) is 43.0 Å². The van der Waals surface area contributed by atoms with Crippen LogP contribution in [0.15, 0.2) is 30.3 Å². The summed E-state index contributed by atoms with van der Waals surface area (Å²) in [7, 11) is 1.58. The zero-order chi connectivity index (χ0) is 19.1. The fraction of sp³-hybridized carbons (Fsp3) is 0.444. The second-order valence-corrected chi connectivity index (χ2v) is 7.19. The average molecular weight is 390 g/mol. The maximum Gasteiger partial charge on any atom is 0.229 e. The first kappa shape index (κ1) is 19.4. The predicted octanol–water partition coefficient (Wildman–Crippen LogP) is 1.37. The van der Waals surface area contributed by atoms with Crippen LogP contribution in [0.5, 0.6) is 0 Å². The van der Waals surface area contributed by atoms with Crippen molar-refractivity contribution in [1.82, 2.24) is 15.5 Å². The van der Waals surface area contributed by atoms with E-state index < -0.39 is 0 Å². The first-order valence-electron chi connectivity index (χ1n) is 8.68. The molecule has 27 heavy (non-hydrogen) atoms. The Hall–Kier alpha value is -2.36. The number of aromatic nitrogens is 2. The van der Waals surface area contributed by atoms with Crippen LogP contribution in [0.4, 0.5) is 5.13 Å². The molecule has 1 N–H and O–H groups in total. The molecule has 144 valence electrons. The highest BCUT2D eigenvalue weighted by Gasteiger charge is 2.36. The summed E-state index contributed by atoms with van der Waals surface area (Å²) in [5, 5.41) is 12.0. The number of nitrogens with zero attached hydrogens (tertiary/aromatic N) is 3. The summed E-state index contributed by atoms with van der Waals surface area (Å²) in [5.41, 5.74) is 1.09.